The quantitative estimate of drug-likeness (QED) is 0.559. The number of hydrogen-bond donors (Lipinski definition) is 0. The van der Waals surface area contributed by atoms with E-state index >= 15 is 0 Å². The molecule has 3 saturated carbocycles. The predicted molar refractivity (Wildman–Crippen MR) is 109 cm³/mol. The summed E-state index contributed by atoms with van der Waals surface area (Å²) in [6, 6.07) is 0. The smallest absolute Gasteiger partial charge is 0.146 e. The minimum absolute atomic E-state index is 0.0502. The van der Waals surface area contributed by atoms with Gasteiger partial charge in [0.1, 0.15) is 12.6 Å². The number of rotatable bonds is 2. The molecule has 2 heteroatoms. The van der Waals surface area contributed by atoms with Crippen molar-refractivity contribution in [2.24, 2.45) is 45.3 Å². The van der Waals surface area contributed by atoms with Gasteiger partial charge in [0, 0.05) is 5.92 Å². The fourth-order valence-electron chi connectivity index (χ4n) is 9.17. The van der Waals surface area contributed by atoms with Crippen molar-refractivity contribution in [2.45, 2.75) is 86.0 Å². The highest BCUT2D eigenvalue weighted by Crippen LogP contribution is 2.72. The number of aldehydes is 2. The van der Waals surface area contributed by atoms with Crippen LogP contribution in [0.4, 0.5) is 0 Å². The topological polar surface area (TPSA) is 34.1 Å². The summed E-state index contributed by atoms with van der Waals surface area (Å²) in [5.74, 6) is 1.89. The summed E-state index contributed by atoms with van der Waals surface area (Å²) in [6.45, 7) is 12.5. The Hall–Kier alpha value is -0.920. The average Bonchev–Trinajstić information content (AvgIpc) is 2.59. The molecule has 0 spiro atoms. The maximum atomic E-state index is 12.0. The van der Waals surface area contributed by atoms with Crippen LogP contribution in [0.2, 0.25) is 0 Å². The van der Waals surface area contributed by atoms with Crippen molar-refractivity contribution < 1.29 is 9.59 Å². The maximum absolute atomic E-state index is 12.0. The van der Waals surface area contributed by atoms with Gasteiger partial charge < -0.3 is 4.79 Å². The van der Waals surface area contributed by atoms with Crippen LogP contribution in [0.3, 0.4) is 0 Å². The standard InChI is InChI=1S/C25H38O2/c1-22(2)11-6-12-24(4)19(22)9-14-25(5)20-8-7-17(15-26)18(16-27)23(20,3)13-10-21(24)25/h7,15-16,18-21H,6,8-14H2,1-5H3/t18-,19?,20?,21?,23+,24-,25-/m0/s1. The summed E-state index contributed by atoms with van der Waals surface area (Å²) in [7, 11) is 0. The third kappa shape index (κ3) is 2.43. The molecule has 0 heterocycles. The van der Waals surface area contributed by atoms with Crippen molar-refractivity contribution in [3.8, 4) is 0 Å². The average molecular weight is 371 g/mol. The zero-order valence-corrected chi connectivity index (χ0v) is 18.0. The third-order valence-corrected chi connectivity index (χ3v) is 10.3. The van der Waals surface area contributed by atoms with Crippen LogP contribution in [0.5, 0.6) is 0 Å². The molecule has 3 fully saturated rings. The highest BCUT2D eigenvalue weighted by atomic mass is 16.1. The van der Waals surface area contributed by atoms with Gasteiger partial charge in [-0.3, -0.25) is 4.79 Å². The summed E-state index contributed by atoms with van der Waals surface area (Å²) in [6.07, 6.45) is 14.1. The van der Waals surface area contributed by atoms with Gasteiger partial charge in [0.05, 0.1) is 0 Å². The van der Waals surface area contributed by atoms with Gasteiger partial charge in [-0.2, -0.15) is 0 Å². The highest BCUT2D eigenvalue weighted by Gasteiger charge is 2.65. The SMILES string of the molecule is CC1(C)CCC[C@@]2(C)C1CC[C@]1(C)C2CC[C@@]2(C)C1CC=C(C=O)[C@@H]2C=O. The van der Waals surface area contributed by atoms with E-state index in [1.165, 1.54) is 38.5 Å². The molecule has 150 valence electrons. The van der Waals surface area contributed by atoms with Crippen molar-refractivity contribution >= 4 is 12.6 Å². The lowest BCUT2D eigenvalue weighted by molar-refractivity contribution is -0.198. The molecular weight excluding hydrogens is 332 g/mol. The fraction of sp³-hybridized carbons (Fsp3) is 0.840. The molecule has 3 unspecified atom stereocenters. The minimum atomic E-state index is -0.208. The van der Waals surface area contributed by atoms with E-state index in [-0.39, 0.29) is 16.7 Å². The van der Waals surface area contributed by atoms with Crippen molar-refractivity contribution in [2.75, 3.05) is 0 Å². The normalized spacial score (nSPS) is 51.2. The molecule has 2 nitrogen and oxygen atoms in total. The van der Waals surface area contributed by atoms with E-state index in [9.17, 15) is 9.59 Å². The van der Waals surface area contributed by atoms with E-state index in [0.29, 0.717) is 16.7 Å². The minimum Gasteiger partial charge on any atom is -0.303 e. The maximum Gasteiger partial charge on any atom is 0.146 e. The summed E-state index contributed by atoms with van der Waals surface area (Å²) in [5.41, 5.74) is 1.87. The molecule has 0 aromatic carbocycles. The van der Waals surface area contributed by atoms with Crippen molar-refractivity contribution in [1.82, 2.24) is 0 Å². The first-order valence-corrected chi connectivity index (χ1v) is 11.2. The second-order valence-electron chi connectivity index (χ2n) is 11.8. The molecule has 27 heavy (non-hydrogen) atoms. The highest BCUT2D eigenvalue weighted by molar-refractivity contribution is 5.82. The monoisotopic (exact) mass is 370 g/mol. The van der Waals surface area contributed by atoms with E-state index < -0.39 is 0 Å². The lowest BCUT2D eigenvalue weighted by atomic mass is 9.35. The van der Waals surface area contributed by atoms with Crippen LogP contribution < -0.4 is 0 Å². The van der Waals surface area contributed by atoms with Gasteiger partial charge in [-0.15, -0.1) is 0 Å². The Morgan fingerprint density at radius 1 is 0.815 bits per heavy atom. The van der Waals surface area contributed by atoms with E-state index in [2.05, 4.69) is 40.7 Å². The Morgan fingerprint density at radius 3 is 2.11 bits per heavy atom. The van der Waals surface area contributed by atoms with Crippen molar-refractivity contribution in [1.29, 1.82) is 0 Å². The van der Waals surface area contributed by atoms with E-state index in [0.717, 1.165) is 42.8 Å². The van der Waals surface area contributed by atoms with Gasteiger partial charge in [-0.1, -0.05) is 47.1 Å². The zero-order chi connectivity index (χ0) is 19.7. The second kappa shape index (κ2) is 6.04. The third-order valence-electron chi connectivity index (χ3n) is 10.3. The predicted octanol–water partition coefficient (Wildman–Crippen LogP) is 6.00. The Labute approximate surface area is 165 Å². The van der Waals surface area contributed by atoms with E-state index in [1.54, 1.807) is 0 Å². The Balaban J connectivity index is 1.76. The van der Waals surface area contributed by atoms with Crippen LogP contribution in [-0.4, -0.2) is 12.6 Å². The van der Waals surface area contributed by atoms with Crippen LogP contribution in [-0.2, 0) is 9.59 Å². The van der Waals surface area contributed by atoms with Crippen LogP contribution in [0, 0.1) is 45.3 Å². The summed E-state index contributed by atoms with van der Waals surface area (Å²) < 4.78 is 0. The van der Waals surface area contributed by atoms with Crippen molar-refractivity contribution in [3.63, 3.8) is 0 Å². The molecule has 4 aliphatic carbocycles. The molecule has 0 N–H and O–H groups in total. The van der Waals surface area contributed by atoms with E-state index in [1.807, 2.05) is 0 Å². The number of carbonyl (C=O) groups is 2. The molecular formula is C25H38O2. The molecule has 0 saturated heterocycles. The van der Waals surface area contributed by atoms with Crippen LogP contribution in [0.15, 0.2) is 11.6 Å². The molecule has 7 atom stereocenters. The van der Waals surface area contributed by atoms with Gasteiger partial charge in [0.2, 0.25) is 0 Å². The van der Waals surface area contributed by atoms with E-state index in [4.69, 9.17) is 0 Å². The summed E-state index contributed by atoms with van der Waals surface area (Å²) >= 11 is 0. The number of fused-ring (bicyclic) bond motifs is 5. The summed E-state index contributed by atoms with van der Waals surface area (Å²) in [5, 5.41) is 0. The lowest BCUT2D eigenvalue weighted by Gasteiger charge is -2.69. The molecule has 0 amide bonds. The Morgan fingerprint density at radius 2 is 1.44 bits per heavy atom. The van der Waals surface area contributed by atoms with Crippen LogP contribution in [0.1, 0.15) is 86.0 Å². The summed E-state index contributed by atoms with van der Waals surface area (Å²) in [4.78, 5) is 23.6. The fourth-order valence-corrected chi connectivity index (χ4v) is 9.17. The molecule has 0 radical (unpaired) electrons. The Kier molecular flexibility index (Phi) is 4.34. The number of allylic oxidation sites excluding steroid dienone is 2. The van der Waals surface area contributed by atoms with Gasteiger partial charge >= 0.3 is 0 Å². The number of hydrogen-bond acceptors (Lipinski definition) is 2. The molecule has 0 aliphatic heterocycles. The van der Waals surface area contributed by atoms with Gasteiger partial charge in [0.25, 0.3) is 0 Å². The second-order valence-corrected chi connectivity index (χ2v) is 11.8. The molecule has 0 aromatic rings. The lowest BCUT2D eigenvalue weighted by Crippen LogP contribution is -2.62. The first-order valence-electron chi connectivity index (χ1n) is 11.2. The molecule has 0 bridgehead atoms. The largest absolute Gasteiger partial charge is 0.303 e. The first kappa shape index (κ1) is 19.4. The molecule has 0 aromatic heterocycles. The van der Waals surface area contributed by atoms with Crippen LogP contribution >= 0.6 is 0 Å². The van der Waals surface area contributed by atoms with Crippen LogP contribution in [0.25, 0.3) is 0 Å². The number of carbonyl (C=O) groups excluding carboxylic acids is 2. The van der Waals surface area contributed by atoms with Gasteiger partial charge in [0.15, 0.2) is 0 Å². The molecule has 4 rings (SSSR count). The van der Waals surface area contributed by atoms with Crippen molar-refractivity contribution in [3.05, 3.63) is 11.6 Å². The first-order chi connectivity index (χ1) is 12.6. The molecule has 4 aliphatic rings. The zero-order valence-electron chi connectivity index (χ0n) is 18.0. The van der Waals surface area contributed by atoms with Gasteiger partial charge in [-0.05, 0) is 89.9 Å². The van der Waals surface area contributed by atoms with Gasteiger partial charge in [-0.25, -0.2) is 0 Å². The Bertz CT molecular complexity index is 676.